The van der Waals surface area contributed by atoms with E-state index in [1.807, 2.05) is 0 Å². The Morgan fingerprint density at radius 3 is 2.07 bits per heavy atom. The first kappa shape index (κ1) is 12.1. The van der Waals surface area contributed by atoms with Gasteiger partial charge in [0.1, 0.15) is 11.6 Å². The average Bonchev–Trinajstić information content (AvgIpc) is 2.09. The van der Waals surface area contributed by atoms with Crippen LogP contribution in [0.3, 0.4) is 0 Å². The maximum atomic E-state index is 13.5. The van der Waals surface area contributed by atoms with Gasteiger partial charge in [-0.1, -0.05) is 0 Å². The van der Waals surface area contributed by atoms with Crippen LogP contribution in [0, 0.1) is 11.6 Å². The molecule has 0 saturated heterocycles. The van der Waals surface area contributed by atoms with Crippen molar-refractivity contribution in [2.45, 2.75) is 26.0 Å². The third-order valence-corrected chi connectivity index (χ3v) is 2.17. The van der Waals surface area contributed by atoms with Crippen molar-refractivity contribution in [3.8, 4) is 0 Å². The Balaban J connectivity index is 3.19. The third-order valence-electron chi connectivity index (χ3n) is 2.17. The second kappa shape index (κ2) is 4.24. The first-order chi connectivity index (χ1) is 6.86. The fourth-order valence-electron chi connectivity index (χ4n) is 1.26. The Labute approximate surface area is 88.0 Å². The normalized spacial score (nSPS) is 11.9. The Kier molecular flexibility index (Phi) is 3.42. The number of hydrogen-bond donors (Lipinski definition) is 1. The highest BCUT2D eigenvalue weighted by atomic mass is 19.1. The van der Waals surface area contributed by atoms with Crippen LogP contribution in [-0.2, 0) is 16.9 Å². The van der Waals surface area contributed by atoms with E-state index in [-0.39, 0.29) is 12.2 Å². The molecule has 0 radical (unpaired) electrons. The van der Waals surface area contributed by atoms with E-state index in [1.54, 1.807) is 13.8 Å². The van der Waals surface area contributed by atoms with Gasteiger partial charge >= 0.3 is 0 Å². The SMILES string of the molecule is COCc1c(F)cc(C(C)(C)N)cc1F. The topological polar surface area (TPSA) is 35.2 Å². The minimum atomic E-state index is -0.757. The van der Waals surface area contributed by atoms with Crippen LogP contribution in [0.25, 0.3) is 0 Å². The Morgan fingerprint density at radius 1 is 1.27 bits per heavy atom. The average molecular weight is 215 g/mol. The summed E-state index contributed by atoms with van der Waals surface area (Å²) in [7, 11) is 1.39. The molecule has 15 heavy (non-hydrogen) atoms. The van der Waals surface area contributed by atoms with Crippen molar-refractivity contribution in [1.82, 2.24) is 0 Å². The number of methoxy groups -OCH3 is 1. The van der Waals surface area contributed by atoms with Crippen LogP contribution in [0.4, 0.5) is 8.78 Å². The van der Waals surface area contributed by atoms with E-state index in [9.17, 15) is 8.78 Å². The van der Waals surface area contributed by atoms with Gasteiger partial charge in [0.2, 0.25) is 0 Å². The van der Waals surface area contributed by atoms with Crippen LogP contribution in [0.5, 0.6) is 0 Å². The summed E-state index contributed by atoms with van der Waals surface area (Å²) in [6.45, 7) is 3.30. The molecule has 1 rings (SSSR count). The van der Waals surface area contributed by atoms with Gasteiger partial charge < -0.3 is 10.5 Å². The van der Waals surface area contributed by atoms with Crippen molar-refractivity contribution in [3.63, 3.8) is 0 Å². The summed E-state index contributed by atoms with van der Waals surface area (Å²) < 4.78 is 31.6. The first-order valence-corrected chi connectivity index (χ1v) is 4.62. The number of hydrogen-bond acceptors (Lipinski definition) is 2. The van der Waals surface area contributed by atoms with Gasteiger partial charge in [0.05, 0.1) is 6.61 Å². The highest BCUT2D eigenvalue weighted by Crippen LogP contribution is 2.23. The van der Waals surface area contributed by atoms with Crippen molar-refractivity contribution < 1.29 is 13.5 Å². The lowest BCUT2D eigenvalue weighted by molar-refractivity contribution is 0.177. The summed E-state index contributed by atoms with van der Waals surface area (Å²) in [5.41, 5.74) is 5.36. The highest BCUT2D eigenvalue weighted by molar-refractivity contribution is 5.29. The minimum Gasteiger partial charge on any atom is -0.380 e. The van der Waals surface area contributed by atoms with Gasteiger partial charge in [-0.05, 0) is 31.5 Å². The maximum Gasteiger partial charge on any atom is 0.132 e. The monoisotopic (exact) mass is 215 g/mol. The minimum absolute atomic E-state index is 0.0644. The molecule has 0 spiro atoms. The summed E-state index contributed by atoms with van der Waals surface area (Å²) in [4.78, 5) is 0. The van der Waals surface area contributed by atoms with Crippen LogP contribution in [0.1, 0.15) is 25.0 Å². The lowest BCUT2D eigenvalue weighted by atomic mass is 9.94. The molecule has 0 aromatic heterocycles. The van der Waals surface area contributed by atoms with Gasteiger partial charge in [-0.15, -0.1) is 0 Å². The second-order valence-corrected chi connectivity index (χ2v) is 4.07. The molecule has 2 N–H and O–H groups in total. The predicted molar refractivity (Wildman–Crippen MR) is 54.3 cm³/mol. The molecule has 1 aromatic rings. The van der Waals surface area contributed by atoms with Crippen LogP contribution in [-0.4, -0.2) is 7.11 Å². The maximum absolute atomic E-state index is 13.5. The zero-order chi connectivity index (χ0) is 11.6. The van der Waals surface area contributed by atoms with Crippen molar-refractivity contribution in [2.24, 2.45) is 5.73 Å². The smallest absolute Gasteiger partial charge is 0.132 e. The van der Waals surface area contributed by atoms with Crippen molar-refractivity contribution >= 4 is 0 Å². The number of nitrogens with two attached hydrogens (primary N) is 1. The van der Waals surface area contributed by atoms with E-state index in [1.165, 1.54) is 19.2 Å². The zero-order valence-corrected chi connectivity index (χ0v) is 9.10. The van der Waals surface area contributed by atoms with Gasteiger partial charge in [-0.25, -0.2) is 8.78 Å². The van der Waals surface area contributed by atoms with Crippen LogP contribution in [0.15, 0.2) is 12.1 Å². The lowest BCUT2D eigenvalue weighted by Gasteiger charge is -2.20. The molecular formula is C11H15F2NO. The summed E-state index contributed by atoms with van der Waals surface area (Å²) in [6.07, 6.45) is 0. The Morgan fingerprint density at radius 2 is 1.73 bits per heavy atom. The van der Waals surface area contributed by atoms with Crippen molar-refractivity contribution in [2.75, 3.05) is 7.11 Å². The first-order valence-electron chi connectivity index (χ1n) is 4.62. The van der Waals surface area contributed by atoms with E-state index in [0.29, 0.717) is 5.56 Å². The van der Waals surface area contributed by atoms with Crippen LogP contribution in [0.2, 0.25) is 0 Å². The molecule has 4 heteroatoms. The van der Waals surface area contributed by atoms with Gasteiger partial charge in [-0.2, -0.15) is 0 Å². The van der Waals surface area contributed by atoms with Crippen molar-refractivity contribution in [3.05, 3.63) is 34.9 Å². The second-order valence-electron chi connectivity index (χ2n) is 4.07. The molecule has 0 bridgehead atoms. The van der Waals surface area contributed by atoms with E-state index in [2.05, 4.69) is 0 Å². The predicted octanol–water partition coefficient (Wildman–Crippen LogP) is 2.30. The summed E-state index contributed by atoms with van der Waals surface area (Å²) in [5.74, 6) is -1.24. The number of benzene rings is 1. The van der Waals surface area contributed by atoms with E-state index in [0.717, 1.165) is 0 Å². The summed E-state index contributed by atoms with van der Waals surface area (Å²) >= 11 is 0. The number of halogens is 2. The molecule has 0 saturated carbocycles. The molecule has 0 heterocycles. The molecule has 0 unspecified atom stereocenters. The zero-order valence-electron chi connectivity index (χ0n) is 9.10. The summed E-state index contributed by atoms with van der Waals surface area (Å²) in [5, 5.41) is 0. The highest BCUT2D eigenvalue weighted by Gasteiger charge is 2.19. The molecular weight excluding hydrogens is 200 g/mol. The molecule has 0 amide bonds. The van der Waals surface area contributed by atoms with Gasteiger partial charge in [-0.3, -0.25) is 0 Å². The Bertz CT molecular complexity index is 335. The van der Waals surface area contributed by atoms with E-state index < -0.39 is 17.2 Å². The molecule has 0 atom stereocenters. The quantitative estimate of drug-likeness (QED) is 0.839. The number of ether oxygens (including phenoxy) is 1. The van der Waals surface area contributed by atoms with Crippen LogP contribution >= 0.6 is 0 Å². The van der Waals surface area contributed by atoms with Gasteiger partial charge in [0.15, 0.2) is 0 Å². The van der Waals surface area contributed by atoms with Crippen molar-refractivity contribution in [1.29, 1.82) is 0 Å². The van der Waals surface area contributed by atoms with E-state index >= 15 is 0 Å². The molecule has 0 aliphatic rings. The van der Waals surface area contributed by atoms with Gasteiger partial charge in [0.25, 0.3) is 0 Å². The van der Waals surface area contributed by atoms with E-state index in [4.69, 9.17) is 10.5 Å². The lowest BCUT2D eigenvalue weighted by Crippen LogP contribution is -2.29. The molecule has 0 aliphatic carbocycles. The molecule has 2 nitrogen and oxygen atoms in total. The Hall–Kier alpha value is -1.00. The largest absolute Gasteiger partial charge is 0.380 e. The molecule has 84 valence electrons. The standard InChI is InChI=1S/C11H15F2NO/c1-11(2,14)7-4-9(12)8(6-15-3)10(13)5-7/h4-5H,6,14H2,1-3H3. The molecule has 0 fully saturated rings. The summed E-state index contributed by atoms with van der Waals surface area (Å²) in [6, 6.07) is 2.49. The molecule has 0 aliphatic heterocycles. The fraction of sp³-hybridized carbons (Fsp3) is 0.455. The molecule has 1 aromatic carbocycles. The number of rotatable bonds is 3. The third kappa shape index (κ3) is 2.73. The van der Waals surface area contributed by atoms with Crippen LogP contribution < -0.4 is 5.73 Å². The van der Waals surface area contributed by atoms with Gasteiger partial charge in [0, 0.05) is 18.2 Å². The fourth-order valence-corrected chi connectivity index (χ4v) is 1.26.